The Morgan fingerprint density at radius 1 is 1.46 bits per heavy atom. The van der Waals surface area contributed by atoms with Crippen molar-refractivity contribution in [3.8, 4) is 0 Å². The van der Waals surface area contributed by atoms with Crippen molar-refractivity contribution in [2.45, 2.75) is 19.4 Å². The number of halogens is 3. The van der Waals surface area contributed by atoms with E-state index in [0.29, 0.717) is 13.0 Å². The maximum Gasteiger partial charge on any atom is 0.492 e. The van der Waals surface area contributed by atoms with Gasteiger partial charge in [-0.3, -0.25) is 0 Å². The molecule has 1 fully saturated rings. The largest absolute Gasteiger partial charge is 0.492 e. The molecular weight excluding hydrogens is 182 g/mol. The number of aliphatic hydroxyl groups excluding tert-OH is 1. The lowest BCUT2D eigenvalue weighted by molar-refractivity contribution is 0.0334. The zero-order valence-electron chi connectivity index (χ0n) is 7.59. The second kappa shape index (κ2) is 3.88. The van der Waals surface area contributed by atoms with Crippen molar-refractivity contribution in [2.75, 3.05) is 19.5 Å². The highest BCUT2D eigenvalue weighted by Crippen LogP contribution is 2.19. The maximum absolute atomic E-state index is 12.0. The molecular formula is C7H14BF3NO-. The Morgan fingerprint density at radius 2 is 2.08 bits per heavy atom. The van der Waals surface area contributed by atoms with Crippen LogP contribution in [0.2, 0.25) is 0 Å². The summed E-state index contributed by atoms with van der Waals surface area (Å²) in [5.41, 5.74) is 0. The van der Waals surface area contributed by atoms with Crippen LogP contribution in [0.15, 0.2) is 0 Å². The van der Waals surface area contributed by atoms with Gasteiger partial charge < -0.3 is 23.0 Å². The Bertz CT molecular complexity index is 176. The van der Waals surface area contributed by atoms with Gasteiger partial charge in [0.1, 0.15) is 0 Å². The lowest BCUT2D eigenvalue weighted by Crippen LogP contribution is -2.48. The Labute approximate surface area is 75.8 Å². The average Bonchev–Trinajstić information content (AvgIpc) is 1.94. The van der Waals surface area contributed by atoms with E-state index in [1.54, 1.807) is 0 Å². The van der Waals surface area contributed by atoms with E-state index in [0.717, 1.165) is 0 Å². The third-order valence-corrected chi connectivity index (χ3v) is 2.47. The van der Waals surface area contributed by atoms with E-state index in [2.05, 4.69) is 0 Å². The van der Waals surface area contributed by atoms with Gasteiger partial charge in [-0.15, -0.1) is 0 Å². The van der Waals surface area contributed by atoms with Crippen molar-refractivity contribution >= 4 is 6.98 Å². The maximum atomic E-state index is 12.0. The third kappa shape index (κ3) is 3.56. The summed E-state index contributed by atoms with van der Waals surface area (Å²) in [5, 5.41) is 9.34. The van der Waals surface area contributed by atoms with E-state index < -0.39 is 19.5 Å². The summed E-state index contributed by atoms with van der Waals surface area (Å²) in [7, 11) is 0. The van der Waals surface area contributed by atoms with Crippen LogP contribution in [0, 0.1) is 5.92 Å². The van der Waals surface area contributed by atoms with Crippen LogP contribution in [0.3, 0.4) is 0 Å². The predicted octanol–water partition coefficient (Wildman–Crippen LogP) is 1.08. The molecule has 13 heavy (non-hydrogen) atoms. The van der Waals surface area contributed by atoms with E-state index in [-0.39, 0.29) is 12.5 Å². The molecule has 2 unspecified atom stereocenters. The van der Waals surface area contributed by atoms with Gasteiger partial charge in [-0.1, -0.05) is 6.92 Å². The van der Waals surface area contributed by atoms with E-state index in [1.165, 1.54) is 4.90 Å². The van der Waals surface area contributed by atoms with E-state index >= 15 is 0 Å². The summed E-state index contributed by atoms with van der Waals surface area (Å²) in [6.07, 6.45) is -0.802. The zero-order valence-corrected chi connectivity index (χ0v) is 7.59. The fraction of sp³-hybridized carbons (Fsp3) is 1.00. The van der Waals surface area contributed by atoms with Crippen LogP contribution < -0.4 is 0 Å². The van der Waals surface area contributed by atoms with Crippen LogP contribution in [0.25, 0.3) is 0 Å². The first kappa shape index (κ1) is 10.9. The Morgan fingerprint density at radius 3 is 2.54 bits per heavy atom. The summed E-state index contributed by atoms with van der Waals surface area (Å²) < 4.78 is 36.0. The van der Waals surface area contributed by atoms with Crippen LogP contribution >= 0.6 is 0 Å². The quantitative estimate of drug-likeness (QED) is 0.667. The van der Waals surface area contributed by atoms with Gasteiger partial charge >= 0.3 is 6.98 Å². The van der Waals surface area contributed by atoms with Crippen molar-refractivity contribution in [1.82, 2.24) is 4.90 Å². The molecule has 0 bridgehead atoms. The van der Waals surface area contributed by atoms with Crippen LogP contribution in [0.5, 0.6) is 0 Å². The van der Waals surface area contributed by atoms with Crippen LogP contribution in [0.1, 0.15) is 13.3 Å². The van der Waals surface area contributed by atoms with Crippen molar-refractivity contribution in [1.29, 1.82) is 0 Å². The van der Waals surface area contributed by atoms with Crippen molar-refractivity contribution in [3.63, 3.8) is 0 Å². The molecule has 1 saturated heterocycles. The number of hydrogen-bond donors (Lipinski definition) is 1. The fourth-order valence-corrected chi connectivity index (χ4v) is 1.57. The van der Waals surface area contributed by atoms with Gasteiger partial charge in [0.2, 0.25) is 0 Å². The number of aliphatic hydroxyl groups is 1. The van der Waals surface area contributed by atoms with Gasteiger partial charge in [0.05, 0.1) is 6.10 Å². The second-order valence-electron chi connectivity index (χ2n) is 3.80. The van der Waals surface area contributed by atoms with Gasteiger partial charge in [0.15, 0.2) is 0 Å². The molecule has 0 amide bonds. The van der Waals surface area contributed by atoms with Crippen LogP contribution in [-0.4, -0.2) is 42.6 Å². The van der Waals surface area contributed by atoms with Crippen molar-refractivity contribution in [2.24, 2.45) is 5.92 Å². The molecule has 2 atom stereocenters. The fourth-order valence-electron chi connectivity index (χ4n) is 1.57. The molecule has 0 saturated carbocycles. The molecule has 78 valence electrons. The van der Waals surface area contributed by atoms with E-state index in [9.17, 15) is 18.1 Å². The minimum Gasteiger partial charge on any atom is -0.448 e. The minimum absolute atomic E-state index is 0.122. The highest BCUT2D eigenvalue weighted by molar-refractivity contribution is 6.58. The molecule has 0 aromatic heterocycles. The van der Waals surface area contributed by atoms with Gasteiger partial charge in [0, 0.05) is 6.54 Å². The van der Waals surface area contributed by atoms with Crippen molar-refractivity contribution in [3.05, 3.63) is 0 Å². The highest BCUT2D eigenvalue weighted by atomic mass is 19.4. The smallest absolute Gasteiger partial charge is 0.448 e. The van der Waals surface area contributed by atoms with Gasteiger partial charge in [-0.05, 0) is 25.3 Å². The number of hydrogen-bond acceptors (Lipinski definition) is 2. The lowest BCUT2D eigenvalue weighted by Gasteiger charge is -2.36. The minimum atomic E-state index is -4.75. The van der Waals surface area contributed by atoms with Crippen LogP contribution in [-0.2, 0) is 0 Å². The molecule has 1 aliphatic rings. The first-order valence-electron chi connectivity index (χ1n) is 4.50. The van der Waals surface area contributed by atoms with Crippen molar-refractivity contribution < 1.29 is 18.1 Å². The van der Waals surface area contributed by atoms with Gasteiger partial charge in [0.25, 0.3) is 0 Å². The monoisotopic (exact) mass is 196 g/mol. The standard InChI is InChI=1S/C7H14BF3NO/c1-6-2-3-12(4-7(6)13)5-8(9,10)11/h6-7,13H,2-5H2,1H3/q-1. The summed E-state index contributed by atoms with van der Waals surface area (Å²) >= 11 is 0. The first-order valence-corrected chi connectivity index (χ1v) is 4.50. The zero-order chi connectivity index (χ0) is 10.1. The van der Waals surface area contributed by atoms with E-state index in [4.69, 9.17) is 0 Å². The molecule has 1 N–H and O–H groups in total. The third-order valence-electron chi connectivity index (χ3n) is 2.47. The normalized spacial score (nSPS) is 32.1. The summed E-state index contributed by atoms with van der Waals surface area (Å²) in [4.78, 5) is 1.28. The molecule has 1 aliphatic heterocycles. The predicted molar refractivity (Wildman–Crippen MR) is 45.3 cm³/mol. The molecule has 0 spiro atoms. The molecule has 0 aliphatic carbocycles. The summed E-state index contributed by atoms with van der Waals surface area (Å²) in [5.74, 6) is 0.122. The molecule has 1 heterocycles. The topological polar surface area (TPSA) is 23.5 Å². The number of rotatable bonds is 2. The van der Waals surface area contributed by atoms with Gasteiger partial charge in [-0.2, -0.15) is 0 Å². The molecule has 2 nitrogen and oxygen atoms in total. The SMILES string of the molecule is CC1CCN(C[B-](F)(F)F)CC1O. The molecule has 6 heteroatoms. The summed E-state index contributed by atoms with van der Waals surface area (Å²) in [6.45, 7) is -2.29. The lowest BCUT2D eigenvalue weighted by atomic mass is 9.88. The molecule has 0 aromatic carbocycles. The molecule has 0 aromatic rings. The summed E-state index contributed by atoms with van der Waals surface area (Å²) in [6, 6.07) is 0. The Balaban J connectivity index is 2.38. The first-order chi connectivity index (χ1) is 5.88. The second-order valence-corrected chi connectivity index (χ2v) is 3.80. The van der Waals surface area contributed by atoms with Gasteiger partial charge in [-0.25, -0.2) is 0 Å². The Hall–Kier alpha value is -0.225. The van der Waals surface area contributed by atoms with Crippen LogP contribution in [0.4, 0.5) is 12.9 Å². The number of piperidine rings is 1. The highest BCUT2D eigenvalue weighted by Gasteiger charge is 2.31. The number of likely N-dealkylation sites (tertiary alicyclic amines) is 1. The molecule has 0 radical (unpaired) electrons. The number of β-amino-alcohol motifs (C(OH)–C–C–N with tert-alkyl or cyclic N) is 1. The van der Waals surface area contributed by atoms with E-state index in [1.807, 2.05) is 6.92 Å². The Kier molecular flexibility index (Phi) is 3.24. The number of nitrogens with zero attached hydrogens (tertiary/aromatic N) is 1. The average molecular weight is 196 g/mol. The molecule has 1 rings (SSSR count).